The van der Waals surface area contributed by atoms with E-state index in [-0.39, 0.29) is 12.5 Å². The molecule has 2 heterocycles. The zero-order valence-corrected chi connectivity index (χ0v) is 13.1. The lowest BCUT2D eigenvalue weighted by atomic mass is 10.3. The molecule has 7 nitrogen and oxygen atoms in total. The third-order valence-electron chi connectivity index (χ3n) is 3.76. The maximum Gasteiger partial charge on any atom is 0.260 e. The summed E-state index contributed by atoms with van der Waals surface area (Å²) in [6.45, 7) is 5.43. The molecule has 1 aromatic carbocycles. The van der Waals surface area contributed by atoms with Crippen molar-refractivity contribution in [1.29, 1.82) is 0 Å². The van der Waals surface area contributed by atoms with Crippen LogP contribution >= 0.6 is 0 Å². The molecule has 0 bridgehead atoms. The molecular formula is C16H20N4O3. The second-order valence-corrected chi connectivity index (χ2v) is 5.47. The Balaban J connectivity index is 1.42. The Hall–Kier alpha value is -2.41. The molecule has 122 valence electrons. The number of aryl methyl sites for hydroxylation is 1. The first kappa shape index (κ1) is 15.5. The summed E-state index contributed by atoms with van der Waals surface area (Å²) in [5, 5.41) is 7.82. The Morgan fingerprint density at radius 3 is 2.57 bits per heavy atom. The van der Waals surface area contributed by atoms with Gasteiger partial charge in [-0.05, 0) is 12.1 Å². The van der Waals surface area contributed by atoms with Gasteiger partial charge in [0.15, 0.2) is 6.61 Å². The highest BCUT2D eigenvalue weighted by Gasteiger charge is 2.22. The van der Waals surface area contributed by atoms with Crippen LogP contribution in [0.4, 0.5) is 0 Å². The average Bonchev–Trinajstić information content (AvgIpc) is 2.99. The van der Waals surface area contributed by atoms with Crippen LogP contribution in [0.2, 0.25) is 0 Å². The molecule has 3 rings (SSSR count). The Morgan fingerprint density at radius 2 is 1.91 bits per heavy atom. The fraction of sp³-hybridized carbons (Fsp3) is 0.438. The van der Waals surface area contributed by atoms with E-state index in [4.69, 9.17) is 9.15 Å². The fourth-order valence-electron chi connectivity index (χ4n) is 2.50. The van der Waals surface area contributed by atoms with Crippen LogP contribution in [0.25, 0.3) is 0 Å². The Morgan fingerprint density at radius 1 is 1.17 bits per heavy atom. The largest absolute Gasteiger partial charge is 0.484 e. The Bertz CT molecular complexity index is 636. The van der Waals surface area contributed by atoms with Crippen molar-refractivity contribution in [3.63, 3.8) is 0 Å². The standard InChI is InChI=1S/C16H20N4O3/c1-13-17-18-15(23-13)11-19-7-9-20(10-8-19)16(21)12-22-14-5-3-2-4-6-14/h2-6H,7-12H2,1H3. The fourth-order valence-corrected chi connectivity index (χ4v) is 2.50. The number of carbonyl (C=O) groups excluding carboxylic acids is 1. The lowest BCUT2D eigenvalue weighted by Gasteiger charge is -2.33. The van der Waals surface area contributed by atoms with Crippen LogP contribution in [0.3, 0.4) is 0 Å². The first-order valence-electron chi connectivity index (χ1n) is 7.67. The molecule has 1 aromatic heterocycles. The molecule has 1 aliphatic heterocycles. The first-order valence-corrected chi connectivity index (χ1v) is 7.67. The zero-order valence-electron chi connectivity index (χ0n) is 13.1. The molecule has 23 heavy (non-hydrogen) atoms. The van der Waals surface area contributed by atoms with Gasteiger partial charge in [-0.25, -0.2) is 0 Å². The number of benzene rings is 1. The smallest absolute Gasteiger partial charge is 0.260 e. The Kier molecular flexibility index (Phi) is 4.87. The number of rotatable bonds is 5. The van der Waals surface area contributed by atoms with Crippen LogP contribution in [0.5, 0.6) is 5.75 Å². The number of amides is 1. The van der Waals surface area contributed by atoms with Crippen molar-refractivity contribution >= 4 is 5.91 Å². The quantitative estimate of drug-likeness (QED) is 0.822. The van der Waals surface area contributed by atoms with Crippen LogP contribution in [-0.2, 0) is 11.3 Å². The molecule has 0 radical (unpaired) electrons. The summed E-state index contributed by atoms with van der Waals surface area (Å²) in [5.74, 6) is 1.93. The minimum absolute atomic E-state index is 0.0159. The van der Waals surface area contributed by atoms with Crippen molar-refractivity contribution in [2.75, 3.05) is 32.8 Å². The number of hydrogen-bond acceptors (Lipinski definition) is 6. The van der Waals surface area contributed by atoms with Gasteiger partial charge < -0.3 is 14.1 Å². The number of para-hydroxylation sites is 1. The zero-order chi connectivity index (χ0) is 16.1. The van der Waals surface area contributed by atoms with Gasteiger partial charge in [0, 0.05) is 33.1 Å². The van der Waals surface area contributed by atoms with E-state index in [2.05, 4.69) is 15.1 Å². The van der Waals surface area contributed by atoms with Crippen molar-refractivity contribution in [3.8, 4) is 5.75 Å². The van der Waals surface area contributed by atoms with Gasteiger partial charge in [-0.3, -0.25) is 9.69 Å². The first-order chi connectivity index (χ1) is 11.2. The molecule has 1 aliphatic rings. The summed E-state index contributed by atoms with van der Waals surface area (Å²) >= 11 is 0. The molecule has 7 heteroatoms. The van der Waals surface area contributed by atoms with Crippen molar-refractivity contribution in [3.05, 3.63) is 42.1 Å². The van der Waals surface area contributed by atoms with E-state index in [1.54, 1.807) is 6.92 Å². The van der Waals surface area contributed by atoms with E-state index in [9.17, 15) is 4.79 Å². The molecular weight excluding hydrogens is 296 g/mol. The highest BCUT2D eigenvalue weighted by molar-refractivity contribution is 5.77. The van der Waals surface area contributed by atoms with E-state index in [0.717, 1.165) is 13.1 Å². The summed E-state index contributed by atoms with van der Waals surface area (Å²) < 4.78 is 10.9. The van der Waals surface area contributed by atoms with Gasteiger partial charge in [0.25, 0.3) is 5.91 Å². The summed E-state index contributed by atoms with van der Waals surface area (Å²) in [6, 6.07) is 9.38. The molecule has 0 spiro atoms. The molecule has 0 N–H and O–H groups in total. The monoisotopic (exact) mass is 316 g/mol. The van der Waals surface area contributed by atoms with E-state index in [1.807, 2.05) is 35.2 Å². The van der Waals surface area contributed by atoms with Gasteiger partial charge >= 0.3 is 0 Å². The van der Waals surface area contributed by atoms with Crippen LogP contribution in [0, 0.1) is 6.92 Å². The second-order valence-electron chi connectivity index (χ2n) is 5.47. The number of nitrogens with zero attached hydrogens (tertiary/aromatic N) is 4. The van der Waals surface area contributed by atoms with Crippen molar-refractivity contribution in [2.24, 2.45) is 0 Å². The van der Waals surface area contributed by atoms with Gasteiger partial charge in [0.2, 0.25) is 11.8 Å². The van der Waals surface area contributed by atoms with Crippen LogP contribution in [0.1, 0.15) is 11.8 Å². The summed E-state index contributed by atoms with van der Waals surface area (Å²) in [5.41, 5.74) is 0. The van der Waals surface area contributed by atoms with Crippen molar-refractivity contribution in [2.45, 2.75) is 13.5 Å². The molecule has 0 saturated carbocycles. The summed E-state index contributed by atoms with van der Waals surface area (Å²) in [6.07, 6.45) is 0. The molecule has 2 aromatic rings. The summed E-state index contributed by atoms with van der Waals surface area (Å²) in [7, 11) is 0. The van der Waals surface area contributed by atoms with Gasteiger partial charge in [0.05, 0.1) is 6.54 Å². The molecule has 0 aliphatic carbocycles. The van der Waals surface area contributed by atoms with Crippen molar-refractivity contribution in [1.82, 2.24) is 20.0 Å². The molecule has 0 unspecified atom stereocenters. The van der Waals surface area contributed by atoms with Gasteiger partial charge in [0.1, 0.15) is 5.75 Å². The predicted octanol–water partition coefficient (Wildman–Crippen LogP) is 1.10. The van der Waals surface area contributed by atoms with Crippen LogP contribution in [-0.4, -0.2) is 58.7 Å². The maximum absolute atomic E-state index is 12.2. The number of aromatic nitrogens is 2. The minimum atomic E-state index is 0.0159. The van der Waals surface area contributed by atoms with Gasteiger partial charge in [-0.15, -0.1) is 10.2 Å². The van der Waals surface area contributed by atoms with E-state index in [0.29, 0.717) is 37.2 Å². The van der Waals surface area contributed by atoms with Gasteiger partial charge in [-0.1, -0.05) is 18.2 Å². The highest BCUT2D eigenvalue weighted by Crippen LogP contribution is 2.10. The number of hydrogen-bond donors (Lipinski definition) is 0. The molecule has 1 amide bonds. The normalized spacial score (nSPS) is 15.6. The maximum atomic E-state index is 12.2. The molecule has 0 atom stereocenters. The van der Waals surface area contributed by atoms with E-state index in [1.165, 1.54) is 0 Å². The topological polar surface area (TPSA) is 71.7 Å². The van der Waals surface area contributed by atoms with E-state index >= 15 is 0 Å². The number of carbonyl (C=O) groups is 1. The molecule has 1 fully saturated rings. The summed E-state index contributed by atoms with van der Waals surface area (Å²) in [4.78, 5) is 16.2. The third-order valence-corrected chi connectivity index (χ3v) is 3.76. The lowest BCUT2D eigenvalue weighted by Crippen LogP contribution is -2.49. The van der Waals surface area contributed by atoms with Crippen molar-refractivity contribution < 1.29 is 13.9 Å². The lowest BCUT2D eigenvalue weighted by molar-refractivity contribution is -0.135. The van der Waals surface area contributed by atoms with Gasteiger partial charge in [-0.2, -0.15) is 0 Å². The number of ether oxygens (including phenoxy) is 1. The number of piperazine rings is 1. The second kappa shape index (κ2) is 7.23. The van der Waals surface area contributed by atoms with E-state index < -0.39 is 0 Å². The predicted molar refractivity (Wildman–Crippen MR) is 82.8 cm³/mol. The van der Waals surface area contributed by atoms with Crippen LogP contribution < -0.4 is 4.74 Å². The Labute approximate surface area is 134 Å². The average molecular weight is 316 g/mol. The SMILES string of the molecule is Cc1nnc(CN2CCN(C(=O)COc3ccccc3)CC2)o1. The minimum Gasteiger partial charge on any atom is -0.484 e. The highest BCUT2D eigenvalue weighted by atomic mass is 16.5. The third kappa shape index (κ3) is 4.29. The van der Waals surface area contributed by atoms with Crippen LogP contribution in [0.15, 0.2) is 34.7 Å². The molecule has 1 saturated heterocycles.